The summed E-state index contributed by atoms with van der Waals surface area (Å²) in [5.41, 5.74) is 0. The molecule has 0 aromatic carbocycles. The molecule has 0 aliphatic heterocycles. The number of carbonyl (C=O) groups excluding carboxylic acids is 2. The van der Waals surface area contributed by atoms with Crippen LogP contribution in [0.25, 0.3) is 0 Å². The van der Waals surface area contributed by atoms with E-state index < -0.39 is 0 Å². The topological polar surface area (TPSA) is 46.5 Å². The summed E-state index contributed by atoms with van der Waals surface area (Å²) in [5.74, 6) is 0. The van der Waals surface area contributed by atoms with Crippen molar-refractivity contribution < 1.29 is 9.59 Å². The maximum atomic E-state index is 8.88. The fourth-order valence-corrected chi connectivity index (χ4v) is 0. The van der Waals surface area contributed by atoms with Gasteiger partial charge in [-0.3, -0.25) is 0 Å². The van der Waals surface area contributed by atoms with Gasteiger partial charge in [0.25, 0.3) is 0 Å². The van der Waals surface area contributed by atoms with Crippen LogP contribution in [0.1, 0.15) is 0 Å². The Morgan fingerprint density at radius 2 is 1.62 bits per heavy atom. The lowest BCUT2D eigenvalue weighted by Gasteiger charge is -1.36. The second-order valence-corrected chi connectivity index (χ2v) is 0.315. The maximum Gasteiger partial charge on any atom is 0.234 e. The molecular formula is C4H8BNO2. The van der Waals surface area contributed by atoms with Crippen LogP contribution >= 0.6 is 0 Å². The lowest BCUT2D eigenvalue weighted by atomic mass is 10.2. The normalized spacial score (nSPS) is 3.25. The van der Waals surface area contributed by atoms with E-state index in [1.54, 1.807) is 0 Å². The average Bonchev–Trinajstić information content (AvgIpc) is 1.96. The quantitative estimate of drug-likeness (QED) is 0.251. The first-order valence-electron chi connectivity index (χ1n) is 1.74. The maximum absolute atomic E-state index is 8.88. The van der Waals surface area contributed by atoms with E-state index in [1.807, 2.05) is 6.79 Å². The summed E-state index contributed by atoms with van der Waals surface area (Å²) in [5, 5.41) is 0. The SMILES string of the molecule is C=O.CN=C=O.[B]C. The van der Waals surface area contributed by atoms with Crippen LogP contribution in [0.5, 0.6) is 0 Å². The Bertz CT molecular complexity index is 61.1. The van der Waals surface area contributed by atoms with Crippen molar-refractivity contribution >= 4 is 20.7 Å². The van der Waals surface area contributed by atoms with E-state index in [1.165, 1.54) is 20.0 Å². The molecule has 0 bridgehead atoms. The van der Waals surface area contributed by atoms with Gasteiger partial charge in [-0.2, -0.15) is 0 Å². The van der Waals surface area contributed by atoms with Gasteiger partial charge in [-0.15, -0.1) is 0 Å². The third kappa shape index (κ3) is 6560. The van der Waals surface area contributed by atoms with Gasteiger partial charge < -0.3 is 4.79 Å². The summed E-state index contributed by atoms with van der Waals surface area (Å²) in [6.45, 7) is 3.50. The second kappa shape index (κ2) is 129. The zero-order chi connectivity index (χ0) is 7.41. The minimum Gasteiger partial charge on any atom is -0.307 e. The Balaban J connectivity index is -0.0000000542. The molecule has 0 heterocycles. The summed E-state index contributed by atoms with van der Waals surface area (Å²) in [6, 6.07) is 0. The molecule has 8 heavy (non-hydrogen) atoms. The van der Waals surface area contributed by atoms with Gasteiger partial charge in [0.1, 0.15) is 6.79 Å². The molecular weight excluding hydrogens is 105 g/mol. The number of rotatable bonds is 0. The number of aliphatic imine (C=N–C) groups is 1. The van der Waals surface area contributed by atoms with Crippen molar-refractivity contribution in [2.24, 2.45) is 4.99 Å². The standard InChI is InChI=1S/C2H3NO.CH3B.CH2O/c1-3-2-4;2*1-2/h1H3;1H3;1H2. The van der Waals surface area contributed by atoms with E-state index in [9.17, 15) is 0 Å². The predicted octanol–water partition coefficient (Wildman–Crippen LogP) is -0.0299. The van der Waals surface area contributed by atoms with Crippen molar-refractivity contribution in [1.82, 2.24) is 0 Å². The number of nitrogens with zero attached hydrogens (tertiary/aromatic N) is 1. The number of isocyanates is 1. The van der Waals surface area contributed by atoms with Crippen molar-refractivity contribution in [3.8, 4) is 0 Å². The fourth-order valence-electron chi connectivity index (χ4n) is 0. The van der Waals surface area contributed by atoms with Gasteiger partial charge in [-0.05, 0) is 0 Å². The number of carbonyl (C=O) groups is 1. The third-order valence-electron chi connectivity index (χ3n) is 0.0913. The molecule has 0 saturated heterocycles. The molecule has 0 atom stereocenters. The highest BCUT2D eigenvalue weighted by Crippen LogP contribution is 1.28. The van der Waals surface area contributed by atoms with Crippen molar-refractivity contribution in [2.45, 2.75) is 6.82 Å². The van der Waals surface area contributed by atoms with Crippen LogP contribution in [0.15, 0.2) is 4.99 Å². The highest BCUT2D eigenvalue weighted by atomic mass is 16.1. The minimum absolute atomic E-state index is 1.31. The minimum atomic E-state index is 1.31. The Morgan fingerprint density at radius 3 is 1.62 bits per heavy atom. The third-order valence-corrected chi connectivity index (χ3v) is 0.0913. The van der Waals surface area contributed by atoms with E-state index >= 15 is 0 Å². The molecule has 0 N–H and O–H groups in total. The molecule has 0 fully saturated rings. The highest BCUT2D eigenvalue weighted by molar-refractivity contribution is 6.05. The highest BCUT2D eigenvalue weighted by Gasteiger charge is 1.29. The van der Waals surface area contributed by atoms with Crippen LogP contribution in [0.4, 0.5) is 0 Å². The van der Waals surface area contributed by atoms with Crippen molar-refractivity contribution in [2.75, 3.05) is 7.05 Å². The molecule has 0 amide bonds. The largest absolute Gasteiger partial charge is 0.307 e. The zero-order valence-corrected chi connectivity index (χ0v) is 5.05. The summed E-state index contributed by atoms with van der Waals surface area (Å²) >= 11 is 0. The molecule has 0 aromatic heterocycles. The number of hydrogen-bond donors (Lipinski definition) is 0. The fraction of sp³-hybridized carbons (Fsp3) is 0.500. The Labute approximate surface area is 50.2 Å². The molecule has 2 radical (unpaired) electrons. The van der Waals surface area contributed by atoms with Gasteiger partial charge in [0, 0.05) is 7.05 Å². The molecule has 0 aromatic rings. The summed E-state index contributed by atoms with van der Waals surface area (Å²) in [6.07, 6.45) is 1.31. The van der Waals surface area contributed by atoms with E-state index in [0.717, 1.165) is 0 Å². The molecule has 0 aliphatic carbocycles. The monoisotopic (exact) mass is 113 g/mol. The van der Waals surface area contributed by atoms with Gasteiger partial charge in [0.15, 0.2) is 0 Å². The van der Waals surface area contributed by atoms with Crippen LogP contribution in [0, 0.1) is 0 Å². The zero-order valence-electron chi connectivity index (χ0n) is 5.05. The predicted molar refractivity (Wildman–Crippen MR) is 32.8 cm³/mol. The van der Waals surface area contributed by atoms with Crippen LogP contribution in [-0.4, -0.2) is 27.8 Å². The smallest absolute Gasteiger partial charge is 0.234 e. The average molecular weight is 113 g/mol. The second-order valence-electron chi connectivity index (χ2n) is 0.315. The first kappa shape index (κ1) is 15.7. The van der Waals surface area contributed by atoms with Crippen molar-refractivity contribution in [1.29, 1.82) is 0 Å². The molecule has 0 spiro atoms. The number of hydrogen-bond acceptors (Lipinski definition) is 3. The van der Waals surface area contributed by atoms with Crippen LogP contribution in [0.2, 0.25) is 6.82 Å². The van der Waals surface area contributed by atoms with Crippen molar-refractivity contribution in [3.63, 3.8) is 0 Å². The van der Waals surface area contributed by atoms with Gasteiger partial charge in [0.2, 0.25) is 6.08 Å². The van der Waals surface area contributed by atoms with E-state index in [4.69, 9.17) is 9.59 Å². The van der Waals surface area contributed by atoms with E-state index in [2.05, 4.69) is 12.8 Å². The molecule has 4 heteroatoms. The van der Waals surface area contributed by atoms with Gasteiger partial charge >= 0.3 is 0 Å². The van der Waals surface area contributed by atoms with Gasteiger partial charge in [0.05, 0.1) is 7.85 Å². The molecule has 0 rings (SSSR count). The lowest BCUT2D eigenvalue weighted by molar-refractivity contribution is -0.0979. The van der Waals surface area contributed by atoms with Gasteiger partial charge in [-0.25, -0.2) is 9.79 Å². The van der Waals surface area contributed by atoms with Gasteiger partial charge in [-0.1, -0.05) is 6.82 Å². The Hall–Kier alpha value is -0.885. The molecule has 3 nitrogen and oxygen atoms in total. The molecule has 0 saturated carbocycles. The summed E-state index contributed by atoms with van der Waals surface area (Å²) in [7, 11) is 5.88. The first-order valence-corrected chi connectivity index (χ1v) is 1.74. The lowest BCUT2D eigenvalue weighted by Crippen LogP contribution is -1.38. The van der Waals surface area contributed by atoms with Crippen LogP contribution in [-0.2, 0) is 9.59 Å². The van der Waals surface area contributed by atoms with E-state index in [0.29, 0.717) is 0 Å². The van der Waals surface area contributed by atoms with Crippen LogP contribution in [0.3, 0.4) is 0 Å². The Morgan fingerprint density at radius 1 is 1.50 bits per heavy atom. The van der Waals surface area contributed by atoms with E-state index in [-0.39, 0.29) is 0 Å². The Kier molecular flexibility index (Phi) is 253. The summed E-state index contributed by atoms with van der Waals surface area (Å²) < 4.78 is 0. The molecule has 44 valence electrons. The van der Waals surface area contributed by atoms with Crippen molar-refractivity contribution in [3.05, 3.63) is 0 Å². The van der Waals surface area contributed by atoms with Crippen LogP contribution < -0.4 is 0 Å². The first-order chi connectivity index (χ1) is 3.91. The molecule has 0 aliphatic rings. The molecule has 0 unspecified atom stereocenters. The summed E-state index contributed by atoms with van der Waals surface area (Å²) in [4.78, 5) is 19.8.